The van der Waals surface area contributed by atoms with Gasteiger partial charge in [-0.3, -0.25) is 9.89 Å². The number of ether oxygens (including phenoxy) is 1. The second-order valence-corrected chi connectivity index (χ2v) is 11.3. The monoisotopic (exact) mass is 493 g/mol. The smallest absolute Gasteiger partial charge is 0.227 e. The number of piperidine rings is 2. The largest absolute Gasteiger partial charge is 0.381 e. The van der Waals surface area contributed by atoms with Gasteiger partial charge in [-0.15, -0.1) is 0 Å². The molecule has 5 heterocycles. The van der Waals surface area contributed by atoms with Crippen LogP contribution in [0.1, 0.15) is 81.5 Å². The lowest BCUT2D eigenvalue weighted by Gasteiger charge is -2.50. The SMILES string of the molecule is Cc1cc(Nc2cc(C3CCOCC3)nc(N(C)[C@H]3C[C@H]4CCC[C@@H](C3)N4C(=O)CC3CC3)n2)n[nH]1. The van der Waals surface area contributed by atoms with E-state index in [9.17, 15) is 4.79 Å². The molecular weight excluding hydrogens is 454 g/mol. The van der Waals surface area contributed by atoms with Gasteiger partial charge in [-0.25, -0.2) is 4.98 Å². The lowest BCUT2D eigenvalue weighted by Crippen LogP contribution is -2.58. The molecule has 0 unspecified atom stereocenters. The summed E-state index contributed by atoms with van der Waals surface area (Å²) in [5, 5.41) is 10.7. The number of amides is 1. The van der Waals surface area contributed by atoms with Gasteiger partial charge in [0.1, 0.15) is 5.82 Å². The highest BCUT2D eigenvalue weighted by atomic mass is 16.5. The summed E-state index contributed by atoms with van der Waals surface area (Å²) in [6.07, 6.45) is 10.6. The third-order valence-corrected chi connectivity index (χ3v) is 8.60. The number of H-pyrrole nitrogens is 1. The van der Waals surface area contributed by atoms with E-state index in [0.717, 1.165) is 87.1 Å². The summed E-state index contributed by atoms with van der Waals surface area (Å²) in [7, 11) is 2.13. The van der Waals surface area contributed by atoms with Crippen molar-refractivity contribution in [2.75, 3.05) is 30.5 Å². The van der Waals surface area contributed by atoms with Crippen LogP contribution in [0.4, 0.5) is 17.6 Å². The van der Waals surface area contributed by atoms with E-state index in [2.05, 4.69) is 38.4 Å². The first-order chi connectivity index (χ1) is 17.5. The van der Waals surface area contributed by atoms with Gasteiger partial charge in [0.05, 0.1) is 5.69 Å². The van der Waals surface area contributed by atoms with E-state index >= 15 is 0 Å². The number of anilines is 3. The van der Waals surface area contributed by atoms with Crippen molar-refractivity contribution in [3.05, 3.63) is 23.5 Å². The van der Waals surface area contributed by atoms with Crippen molar-refractivity contribution < 1.29 is 9.53 Å². The number of hydrogen-bond donors (Lipinski definition) is 2. The fraction of sp³-hybridized carbons (Fsp3) is 0.704. The minimum atomic E-state index is 0.329. The van der Waals surface area contributed by atoms with E-state index < -0.39 is 0 Å². The fourth-order valence-electron chi connectivity index (χ4n) is 6.40. The molecule has 194 valence electrons. The molecule has 6 rings (SSSR count). The zero-order valence-corrected chi connectivity index (χ0v) is 21.6. The van der Waals surface area contributed by atoms with Gasteiger partial charge < -0.3 is 19.9 Å². The average molecular weight is 494 g/mol. The predicted octanol–water partition coefficient (Wildman–Crippen LogP) is 4.29. The predicted molar refractivity (Wildman–Crippen MR) is 138 cm³/mol. The molecule has 3 aliphatic heterocycles. The van der Waals surface area contributed by atoms with Crippen molar-refractivity contribution >= 4 is 23.5 Å². The Morgan fingerprint density at radius 1 is 1.08 bits per heavy atom. The van der Waals surface area contributed by atoms with Crippen LogP contribution in [0.3, 0.4) is 0 Å². The van der Waals surface area contributed by atoms with Crippen molar-refractivity contribution in [3.63, 3.8) is 0 Å². The molecule has 9 heteroatoms. The van der Waals surface area contributed by atoms with Gasteiger partial charge in [-0.05, 0) is 70.6 Å². The molecule has 1 amide bonds. The van der Waals surface area contributed by atoms with E-state index in [0.29, 0.717) is 35.9 Å². The molecule has 4 aliphatic rings. The Hall–Kier alpha value is -2.68. The van der Waals surface area contributed by atoms with E-state index in [1.165, 1.54) is 19.3 Å². The maximum absolute atomic E-state index is 13.1. The van der Waals surface area contributed by atoms with Crippen LogP contribution in [0.25, 0.3) is 0 Å². The van der Waals surface area contributed by atoms with Gasteiger partial charge in [-0.2, -0.15) is 10.1 Å². The molecule has 2 aromatic rings. The van der Waals surface area contributed by atoms with Crippen LogP contribution in [0, 0.1) is 12.8 Å². The Morgan fingerprint density at radius 2 is 1.83 bits per heavy atom. The molecular formula is C27H39N7O2. The summed E-state index contributed by atoms with van der Waals surface area (Å²) < 4.78 is 5.61. The minimum Gasteiger partial charge on any atom is -0.381 e. The first kappa shape index (κ1) is 23.7. The molecule has 0 aromatic carbocycles. The van der Waals surface area contributed by atoms with Crippen LogP contribution >= 0.6 is 0 Å². The fourth-order valence-corrected chi connectivity index (χ4v) is 6.40. The van der Waals surface area contributed by atoms with E-state index in [1.54, 1.807) is 0 Å². The quantitative estimate of drug-likeness (QED) is 0.593. The number of carbonyl (C=O) groups is 1. The second-order valence-electron chi connectivity index (χ2n) is 11.3. The summed E-state index contributed by atoms with van der Waals surface area (Å²) in [6, 6.07) is 5.08. The average Bonchev–Trinajstić information content (AvgIpc) is 3.61. The highest BCUT2D eigenvalue weighted by Gasteiger charge is 2.43. The molecule has 2 bridgehead atoms. The summed E-state index contributed by atoms with van der Waals surface area (Å²) in [6.45, 7) is 3.54. The van der Waals surface area contributed by atoms with Crippen molar-refractivity contribution in [3.8, 4) is 0 Å². The molecule has 0 spiro atoms. The van der Waals surface area contributed by atoms with Crippen LogP contribution in [-0.2, 0) is 9.53 Å². The number of rotatable bonds is 7. The van der Waals surface area contributed by atoms with Crippen molar-refractivity contribution in [1.29, 1.82) is 0 Å². The number of carbonyl (C=O) groups excluding carboxylic acids is 1. The standard InChI is InChI=1S/C27H39N7O2/c1-17-12-25(32-31-17)29-24-16-23(19-8-10-36-11-9-19)28-27(30-24)33(2)22-14-20-4-3-5-21(15-22)34(20)26(35)13-18-6-7-18/h12,16,18-22H,3-11,13-15H2,1-2H3,(H2,28,29,30,31,32)/t20-,21+,22+. The lowest BCUT2D eigenvalue weighted by atomic mass is 9.81. The Morgan fingerprint density at radius 3 is 2.50 bits per heavy atom. The highest BCUT2D eigenvalue weighted by Crippen LogP contribution is 2.40. The van der Waals surface area contributed by atoms with Gasteiger partial charge in [0.15, 0.2) is 5.82 Å². The van der Waals surface area contributed by atoms with Crippen LogP contribution < -0.4 is 10.2 Å². The summed E-state index contributed by atoms with van der Waals surface area (Å²) in [5.41, 5.74) is 2.07. The Kier molecular flexibility index (Phi) is 6.58. The molecule has 4 fully saturated rings. The van der Waals surface area contributed by atoms with Crippen LogP contribution in [-0.4, -0.2) is 69.4 Å². The Balaban J connectivity index is 1.23. The van der Waals surface area contributed by atoms with Gasteiger partial charge in [-0.1, -0.05) is 0 Å². The lowest BCUT2D eigenvalue weighted by molar-refractivity contribution is -0.141. The summed E-state index contributed by atoms with van der Waals surface area (Å²) in [5.74, 6) is 3.70. The van der Waals surface area contributed by atoms with Gasteiger partial charge in [0.25, 0.3) is 0 Å². The van der Waals surface area contributed by atoms with Crippen LogP contribution in [0.2, 0.25) is 0 Å². The summed E-state index contributed by atoms with van der Waals surface area (Å²) >= 11 is 0. The molecule has 1 aliphatic carbocycles. The van der Waals surface area contributed by atoms with Crippen LogP contribution in [0.15, 0.2) is 12.1 Å². The maximum Gasteiger partial charge on any atom is 0.227 e. The number of fused-ring (bicyclic) bond motifs is 2. The molecule has 2 aromatic heterocycles. The van der Waals surface area contributed by atoms with Crippen molar-refractivity contribution in [2.24, 2.45) is 5.92 Å². The molecule has 36 heavy (non-hydrogen) atoms. The third kappa shape index (κ3) is 5.08. The number of aryl methyl sites for hydroxylation is 1. The number of nitrogens with one attached hydrogen (secondary N) is 2. The van der Waals surface area contributed by atoms with E-state index in [4.69, 9.17) is 14.7 Å². The summed E-state index contributed by atoms with van der Waals surface area (Å²) in [4.78, 5) is 27.7. The maximum atomic E-state index is 13.1. The van der Waals surface area contributed by atoms with Crippen LogP contribution in [0.5, 0.6) is 0 Å². The highest BCUT2D eigenvalue weighted by molar-refractivity contribution is 5.77. The van der Waals surface area contributed by atoms with Gasteiger partial charge in [0.2, 0.25) is 11.9 Å². The Labute approximate surface area is 213 Å². The molecule has 9 nitrogen and oxygen atoms in total. The first-order valence-corrected chi connectivity index (χ1v) is 13.8. The molecule has 3 atom stereocenters. The number of hydrogen-bond acceptors (Lipinski definition) is 7. The van der Waals surface area contributed by atoms with E-state index in [1.807, 2.05) is 13.0 Å². The normalized spacial score (nSPS) is 26.6. The van der Waals surface area contributed by atoms with E-state index in [-0.39, 0.29) is 0 Å². The topological polar surface area (TPSA) is 99.3 Å². The second kappa shape index (κ2) is 10.00. The zero-order chi connectivity index (χ0) is 24.6. The minimum absolute atomic E-state index is 0.329. The van der Waals surface area contributed by atoms with Crippen molar-refractivity contribution in [2.45, 2.75) is 95.2 Å². The first-order valence-electron chi connectivity index (χ1n) is 13.8. The number of aromatic nitrogens is 4. The van der Waals surface area contributed by atoms with Gasteiger partial charge in [0, 0.05) is 68.6 Å². The van der Waals surface area contributed by atoms with Gasteiger partial charge >= 0.3 is 0 Å². The number of nitrogens with zero attached hydrogens (tertiary/aromatic N) is 5. The van der Waals surface area contributed by atoms with Crippen molar-refractivity contribution in [1.82, 2.24) is 25.1 Å². The molecule has 2 N–H and O–H groups in total. The Bertz CT molecular complexity index is 1060. The zero-order valence-electron chi connectivity index (χ0n) is 21.6. The molecule has 3 saturated heterocycles. The molecule has 1 saturated carbocycles. The molecule has 0 radical (unpaired) electrons. The third-order valence-electron chi connectivity index (χ3n) is 8.60. The number of aromatic amines is 1.